The van der Waals surface area contributed by atoms with Crippen molar-refractivity contribution in [2.45, 2.75) is 6.42 Å². The van der Waals surface area contributed by atoms with Crippen molar-refractivity contribution in [3.8, 4) is 0 Å². The van der Waals surface area contributed by atoms with Crippen LogP contribution in [0, 0.1) is 0 Å². The fraction of sp³-hybridized carbons (Fsp3) is 0.364. The number of nitrogens with one attached hydrogen (secondary N) is 2. The second-order valence-electron chi connectivity index (χ2n) is 3.87. The first-order valence-electron chi connectivity index (χ1n) is 5.72. The van der Waals surface area contributed by atoms with Crippen molar-refractivity contribution in [2.75, 3.05) is 30.0 Å². The summed E-state index contributed by atoms with van der Waals surface area (Å²) >= 11 is 0. The third kappa shape index (κ3) is 2.88. The van der Waals surface area contributed by atoms with E-state index in [1.807, 2.05) is 23.9 Å². The van der Waals surface area contributed by atoms with Crippen LogP contribution in [0.3, 0.4) is 0 Å². The van der Waals surface area contributed by atoms with E-state index in [0.29, 0.717) is 11.6 Å². The number of anilines is 3. The molecular formula is C11H17N7. The number of hydrogen-bond acceptors (Lipinski definition) is 6. The molecule has 0 atom stereocenters. The van der Waals surface area contributed by atoms with Crippen LogP contribution in [-0.2, 0) is 13.5 Å². The van der Waals surface area contributed by atoms with Crippen molar-refractivity contribution < 1.29 is 0 Å². The largest absolute Gasteiger partial charge is 0.373 e. The Kier molecular flexibility index (Phi) is 3.61. The molecule has 0 unspecified atom stereocenters. The Balaban J connectivity index is 1.94. The number of nitrogens with two attached hydrogens (primary N) is 1. The molecule has 96 valence electrons. The molecule has 2 aromatic rings. The molecule has 4 N–H and O–H groups in total. The lowest BCUT2D eigenvalue weighted by Crippen LogP contribution is -2.11. The number of nitrogens with zero attached hydrogens (tertiary/aromatic N) is 4. The molecule has 0 saturated heterocycles. The van der Waals surface area contributed by atoms with Gasteiger partial charge in [-0.3, -0.25) is 4.68 Å². The average Bonchev–Trinajstić information content (AvgIpc) is 2.74. The van der Waals surface area contributed by atoms with Gasteiger partial charge < -0.3 is 16.4 Å². The number of rotatable bonds is 5. The molecule has 0 bridgehead atoms. The number of aryl methyl sites for hydroxylation is 1. The van der Waals surface area contributed by atoms with E-state index < -0.39 is 0 Å². The lowest BCUT2D eigenvalue weighted by atomic mass is 10.3. The average molecular weight is 247 g/mol. The maximum Gasteiger partial charge on any atom is 0.223 e. The Hall–Kier alpha value is -2.31. The highest BCUT2D eigenvalue weighted by Crippen LogP contribution is 2.11. The lowest BCUT2D eigenvalue weighted by molar-refractivity contribution is 0.711. The molecule has 2 aromatic heterocycles. The van der Waals surface area contributed by atoms with E-state index >= 15 is 0 Å². The predicted molar refractivity (Wildman–Crippen MR) is 71.4 cm³/mol. The second-order valence-corrected chi connectivity index (χ2v) is 3.87. The van der Waals surface area contributed by atoms with Gasteiger partial charge in [0.15, 0.2) is 0 Å². The van der Waals surface area contributed by atoms with Gasteiger partial charge in [-0.1, -0.05) is 0 Å². The Bertz CT molecular complexity index is 520. The van der Waals surface area contributed by atoms with E-state index in [0.717, 1.165) is 13.0 Å². The van der Waals surface area contributed by atoms with Gasteiger partial charge >= 0.3 is 0 Å². The molecule has 0 fully saturated rings. The third-order valence-electron chi connectivity index (χ3n) is 2.61. The van der Waals surface area contributed by atoms with E-state index in [1.54, 1.807) is 13.2 Å². The van der Waals surface area contributed by atoms with Gasteiger partial charge in [-0.25, -0.2) is 0 Å². The molecule has 7 nitrogen and oxygen atoms in total. The van der Waals surface area contributed by atoms with Gasteiger partial charge in [0.25, 0.3) is 0 Å². The molecule has 0 aliphatic carbocycles. The van der Waals surface area contributed by atoms with Gasteiger partial charge in [-0.05, 0) is 6.07 Å². The van der Waals surface area contributed by atoms with Gasteiger partial charge in [0.2, 0.25) is 5.95 Å². The van der Waals surface area contributed by atoms with Gasteiger partial charge in [-0.15, -0.1) is 0 Å². The molecule has 2 heterocycles. The standard InChI is InChI=1S/C11H17N7/c1-13-9-7-10(17-11(12)16-9)14-5-3-8-4-6-15-18(8)2/h4,6-7H,3,5H2,1-2H3,(H4,12,13,14,16,17). The summed E-state index contributed by atoms with van der Waals surface area (Å²) < 4.78 is 1.86. The third-order valence-corrected chi connectivity index (χ3v) is 2.61. The zero-order chi connectivity index (χ0) is 13.0. The van der Waals surface area contributed by atoms with Crippen molar-refractivity contribution in [1.29, 1.82) is 0 Å². The summed E-state index contributed by atoms with van der Waals surface area (Å²) in [5.74, 6) is 1.67. The van der Waals surface area contributed by atoms with Crippen LogP contribution in [0.25, 0.3) is 0 Å². The molecule has 0 amide bonds. The molecule has 0 aliphatic rings. The molecule has 0 saturated carbocycles. The van der Waals surface area contributed by atoms with Crippen LogP contribution in [0.4, 0.5) is 17.6 Å². The number of aromatic nitrogens is 4. The van der Waals surface area contributed by atoms with Crippen molar-refractivity contribution in [3.05, 3.63) is 24.0 Å². The predicted octanol–water partition coefficient (Wildman–Crippen LogP) is 0.489. The fourth-order valence-electron chi connectivity index (χ4n) is 1.65. The van der Waals surface area contributed by atoms with Crippen LogP contribution in [0.1, 0.15) is 5.69 Å². The number of hydrogen-bond donors (Lipinski definition) is 3. The van der Waals surface area contributed by atoms with Crippen LogP contribution in [0.15, 0.2) is 18.3 Å². The fourth-order valence-corrected chi connectivity index (χ4v) is 1.65. The maximum absolute atomic E-state index is 5.61. The van der Waals surface area contributed by atoms with E-state index in [2.05, 4.69) is 25.7 Å². The van der Waals surface area contributed by atoms with Crippen molar-refractivity contribution in [3.63, 3.8) is 0 Å². The Morgan fingerprint density at radius 1 is 1.33 bits per heavy atom. The highest BCUT2D eigenvalue weighted by atomic mass is 15.3. The van der Waals surface area contributed by atoms with Crippen LogP contribution >= 0.6 is 0 Å². The van der Waals surface area contributed by atoms with Crippen LogP contribution < -0.4 is 16.4 Å². The summed E-state index contributed by atoms with van der Waals surface area (Å²) in [4.78, 5) is 8.14. The molecule has 2 rings (SSSR count). The summed E-state index contributed by atoms with van der Waals surface area (Å²) in [5, 5.41) is 10.3. The summed E-state index contributed by atoms with van der Waals surface area (Å²) in [5.41, 5.74) is 6.77. The van der Waals surface area contributed by atoms with Crippen molar-refractivity contribution in [1.82, 2.24) is 19.7 Å². The summed E-state index contributed by atoms with van der Waals surface area (Å²) in [7, 11) is 3.72. The molecule has 0 aromatic carbocycles. The molecule has 18 heavy (non-hydrogen) atoms. The maximum atomic E-state index is 5.61. The highest BCUT2D eigenvalue weighted by Gasteiger charge is 2.02. The molecule has 0 radical (unpaired) electrons. The van der Waals surface area contributed by atoms with Crippen LogP contribution in [-0.4, -0.2) is 33.3 Å². The lowest BCUT2D eigenvalue weighted by Gasteiger charge is -2.08. The SMILES string of the molecule is CNc1cc(NCCc2ccnn2C)nc(N)n1. The zero-order valence-electron chi connectivity index (χ0n) is 10.5. The Labute approximate surface area is 105 Å². The first kappa shape index (κ1) is 12.2. The topological polar surface area (TPSA) is 93.7 Å². The minimum Gasteiger partial charge on any atom is -0.373 e. The van der Waals surface area contributed by atoms with E-state index in [4.69, 9.17) is 5.73 Å². The summed E-state index contributed by atoms with van der Waals surface area (Å²) in [6, 6.07) is 3.81. The minimum atomic E-state index is 0.255. The first-order chi connectivity index (χ1) is 8.69. The highest BCUT2D eigenvalue weighted by molar-refractivity contribution is 5.50. The number of nitrogen functional groups attached to an aromatic ring is 1. The second kappa shape index (κ2) is 5.35. The van der Waals surface area contributed by atoms with E-state index in [-0.39, 0.29) is 5.95 Å². The molecule has 0 spiro atoms. The van der Waals surface area contributed by atoms with Crippen LogP contribution in [0.5, 0.6) is 0 Å². The Morgan fingerprint density at radius 3 is 2.78 bits per heavy atom. The monoisotopic (exact) mass is 247 g/mol. The molecule has 0 aliphatic heterocycles. The molecule has 7 heteroatoms. The van der Waals surface area contributed by atoms with Gasteiger partial charge in [0, 0.05) is 45.0 Å². The smallest absolute Gasteiger partial charge is 0.223 e. The van der Waals surface area contributed by atoms with Gasteiger partial charge in [0.05, 0.1) is 0 Å². The summed E-state index contributed by atoms with van der Waals surface area (Å²) in [6.45, 7) is 0.763. The Morgan fingerprint density at radius 2 is 2.11 bits per heavy atom. The van der Waals surface area contributed by atoms with E-state index in [1.165, 1.54) is 5.69 Å². The van der Waals surface area contributed by atoms with Gasteiger partial charge in [-0.2, -0.15) is 15.1 Å². The zero-order valence-corrected chi connectivity index (χ0v) is 10.5. The first-order valence-corrected chi connectivity index (χ1v) is 5.72. The summed E-state index contributed by atoms with van der Waals surface area (Å²) in [6.07, 6.45) is 2.66. The van der Waals surface area contributed by atoms with Crippen molar-refractivity contribution >= 4 is 17.6 Å². The normalized spacial score (nSPS) is 10.3. The van der Waals surface area contributed by atoms with Crippen molar-refractivity contribution in [2.24, 2.45) is 7.05 Å². The van der Waals surface area contributed by atoms with Gasteiger partial charge in [0.1, 0.15) is 11.6 Å². The molecular weight excluding hydrogens is 230 g/mol. The quantitative estimate of drug-likeness (QED) is 0.712. The van der Waals surface area contributed by atoms with E-state index in [9.17, 15) is 0 Å². The van der Waals surface area contributed by atoms with Crippen LogP contribution in [0.2, 0.25) is 0 Å². The minimum absolute atomic E-state index is 0.255.